The first kappa shape index (κ1) is 32.0. The van der Waals surface area contributed by atoms with Gasteiger partial charge in [-0.3, -0.25) is 14.2 Å². The molecule has 0 saturated carbocycles. The van der Waals surface area contributed by atoms with Crippen LogP contribution in [0.1, 0.15) is 63.7 Å². The predicted octanol–water partition coefficient (Wildman–Crippen LogP) is 5.45. The Morgan fingerprint density at radius 3 is 2.53 bits per heavy atom. The van der Waals surface area contributed by atoms with Gasteiger partial charge in [0.1, 0.15) is 16.5 Å². The summed E-state index contributed by atoms with van der Waals surface area (Å²) in [6, 6.07) is 14.4. The molecular formula is C32H35N5O6S2. The van der Waals surface area contributed by atoms with Crippen LogP contribution < -0.4 is 20.1 Å². The van der Waals surface area contributed by atoms with Gasteiger partial charge < -0.3 is 24.8 Å². The minimum atomic E-state index is -0.407. The van der Waals surface area contributed by atoms with Gasteiger partial charge in [-0.25, -0.2) is 4.79 Å². The van der Waals surface area contributed by atoms with Gasteiger partial charge in [-0.2, -0.15) is 0 Å². The fraction of sp³-hybridized carbons (Fsp3) is 0.344. The number of thioether (sulfide) groups is 1. The van der Waals surface area contributed by atoms with Crippen molar-refractivity contribution < 1.29 is 28.6 Å². The Morgan fingerprint density at radius 1 is 1.00 bits per heavy atom. The summed E-state index contributed by atoms with van der Waals surface area (Å²) in [5.74, 6) is 0.659. The van der Waals surface area contributed by atoms with Crippen molar-refractivity contribution in [2.24, 2.45) is 0 Å². The average Bonchev–Trinajstić information content (AvgIpc) is 3.64. The first-order chi connectivity index (χ1) is 21.9. The van der Waals surface area contributed by atoms with Crippen molar-refractivity contribution in [1.82, 2.24) is 20.1 Å². The van der Waals surface area contributed by atoms with Crippen molar-refractivity contribution in [2.45, 2.75) is 51.2 Å². The number of rotatable bonds is 13. The van der Waals surface area contributed by atoms with Crippen LogP contribution in [0.2, 0.25) is 0 Å². The Hall–Kier alpha value is -4.36. The number of benzene rings is 2. The third-order valence-electron chi connectivity index (χ3n) is 7.10. The largest absolute Gasteiger partial charge is 0.496 e. The summed E-state index contributed by atoms with van der Waals surface area (Å²) in [6.07, 6.45) is 3.74. The average molecular weight is 650 g/mol. The second-order valence-electron chi connectivity index (χ2n) is 10.0. The third kappa shape index (κ3) is 7.48. The molecule has 236 valence electrons. The minimum absolute atomic E-state index is 0.0214. The van der Waals surface area contributed by atoms with Crippen LogP contribution in [0.5, 0.6) is 11.5 Å². The summed E-state index contributed by atoms with van der Waals surface area (Å²) in [5.41, 5.74) is 2.60. The van der Waals surface area contributed by atoms with E-state index in [1.807, 2.05) is 31.2 Å². The van der Waals surface area contributed by atoms with E-state index >= 15 is 0 Å². The quantitative estimate of drug-likeness (QED) is 0.143. The Bertz CT molecular complexity index is 1670. The summed E-state index contributed by atoms with van der Waals surface area (Å²) < 4.78 is 18.0. The summed E-state index contributed by atoms with van der Waals surface area (Å²) in [4.78, 5) is 40.2. The highest BCUT2D eigenvalue weighted by Crippen LogP contribution is 2.39. The van der Waals surface area contributed by atoms with Crippen molar-refractivity contribution >= 4 is 45.9 Å². The van der Waals surface area contributed by atoms with Crippen LogP contribution in [-0.4, -0.2) is 58.6 Å². The van der Waals surface area contributed by atoms with Gasteiger partial charge in [-0.15, -0.1) is 21.5 Å². The molecule has 0 saturated heterocycles. The SMILES string of the molecule is CCOC(=O)c1c(NC(=O)CSc2nnc(CNC(=O)c3ccccc3OC)n2-c2ccc(OCC)cc2)sc2c1CCCC2. The van der Waals surface area contributed by atoms with Gasteiger partial charge >= 0.3 is 5.97 Å². The number of esters is 1. The van der Waals surface area contributed by atoms with Gasteiger partial charge in [-0.1, -0.05) is 23.9 Å². The van der Waals surface area contributed by atoms with Crippen molar-refractivity contribution in [3.63, 3.8) is 0 Å². The molecule has 1 aliphatic carbocycles. The number of anilines is 1. The fourth-order valence-corrected chi connectivity index (χ4v) is 7.14. The molecule has 13 heteroatoms. The molecule has 1 aliphatic rings. The smallest absolute Gasteiger partial charge is 0.341 e. The molecule has 0 atom stereocenters. The number of nitrogens with zero attached hydrogens (tertiary/aromatic N) is 3. The highest BCUT2D eigenvalue weighted by molar-refractivity contribution is 7.99. The standard InChI is InChI=1S/C32H35N5O6S2/c1-4-42-21-16-14-20(15-17-21)37-26(18-33-29(39)22-10-6-8-12-24(22)41-3)35-36-32(37)44-19-27(38)34-30-28(31(40)43-5-2)23-11-7-9-13-25(23)45-30/h6,8,10,12,14-17H,4-5,7,9,11,13,18-19H2,1-3H3,(H,33,39)(H,34,38). The number of amides is 2. The van der Waals surface area contributed by atoms with Crippen molar-refractivity contribution in [3.05, 3.63) is 75.9 Å². The molecule has 2 aromatic carbocycles. The van der Waals surface area contributed by atoms with E-state index in [4.69, 9.17) is 14.2 Å². The second kappa shape index (κ2) is 15.1. The Kier molecular flexibility index (Phi) is 10.7. The summed E-state index contributed by atoms with van der Waals surface area (Å²) >= 11 is 2.65. The maximum Gasteiger partial charge on any atom is 0.341 e. The van der Waals surface area contributed by atoms with Gasteiger partial charge in [0, 0.05) is 10.6 Å². The maximum atomic E-state index is 13.2. The summed E-state index contributed by atoms with van der Waals surface area (Å²) in [7, 11) is 1.51. The molecule has 4 aromatic rings. The van der Waals surface area contributed by atoms with Crippen LogP contribution in [0.15, 0.2) is 53.7 Å². The summed E-state index contributed by atoms with van der Waals surface area (Å²) in [6.45, 7) is 4.55. The molecule has 2 heterocycles. The number of ether oxygens (including phenoxy) is 3. The van der Waals surface area contributed by atoms with Gasteiger partial charge in [0.2, 0.25) is 5.91 Å². The number of aromatic nitrogens is 3. The number of carbonyl (C=O) groups excluding carboxylic acids is 3. The first-order valence-corrected chi connectivity index (χ1v) is 16.6. The number of methoxy groups -OCH3 is 1. The highest BCUT2D eigenvalue weighted by Gasteiger charge is 2.27. The molecule has 0 fully saturated rings. The molecule has 2 amide bonds. The predicted molar refractivity (Wildman–Crippen MR) is 173 cm³/mol. The van der Waals surface area contributed by atoms with Crippen LogP contribution in [0.3, 0.4) is 0 Å². The number of aryl methyl sites for hydroxylation is 1. The monoisotopic (exact) mass is 649 g/mol. The van der Waals surface area contributed by atoms with E-state index in [0.29, 0.717) is 45.2 Å². The number of thiophene rings is 1. The van der Waals surface area contributed by atoms with Gasteiger partial charge in [0.15, 0.2) is 11.0 Å². The molecule has 0 spiro atoms. The number of fused-ring (bicyclic) bond motifs is 1. The van der Waals surface area contributed by atoms with Crippen molar-refractivity contribution in [1.29, 1.82) is 0 Å². The van der Waals surface area contributed by atoms with Gasteiger partial charge in [0.05, 0.1) is 43.7 Å². The molecule has 45 heavy (non-hydrogen) atoms. The van der Waals surface area contributed by atoms with E-state index in [9.17, 15) is 14.4 Å². The normalized spacial score (nSPS) is 12.2. The number of carbonyl (C=O) groups is 3. The van der Waals surface area contributed by atoms with Crippen LogP contribution in [-0.2, 0) is 28.9 Å². The molecule has 0 bridgehead atoms. The molecular weight excluding hydrogens is 615 g/mol. The molecule has 0 unspecified atom stereocenters. The van der Waals surface area contributed by atoms with Crippen LogP contribution in [0.4, 0.5) is 5.00 Å². The number of para-hydroxylation sites is 1. The van der Waals surface area contributed by atoms with E-state index in [1.165, 1.54) is 30.2 Å². The van der Waals surface area contributed by atoms with Crippen LogP contribution in [0.25, 0.3) is 5.69 Å². The Labute approximate surface area is 269 Å². The zero-order chi connectivity index (χ0) is 31.8. The molecule has 5 rings (SSSR count). The van der Waals surface area contributed by atoms with E-state index in [-0.39, 0.29) is 30.7 Å². The van der Waals surface area contributed by atoms with Crippen molar-refractivity contribution in [2.75, 3.05) is 31.4 Å². The van der Waals surface area contributed by atoms with E-state index in [1.54, 1.807) is 35.8 Å². The Balaban J connectivity index is 1.35. The Morgan fingerprint density at radius 2 is 1.78 bits per heavy atom. The molecule has 2 aromatic heterocycles. The lowest BCUT2D eigenvalue weighted by molar-refractivity contribution is -0.113. The summed E-state index contributed by atoms with van der Waals surface area (Å²) in [5, 5.41) is 15.5. The van der Waals surface area contributed by atoms with E-state index in [0.717, 1.165) is 41.8 Å². The van der Waals surface area contributed by atoms with Crippen molar-refractivity contribution in [3.8, 4) is 17.2 Å². The van der Waals surface area contributed by atoms with E-state index in [2.05, 4.69) is 20.8 Å². The molecule has 11 nitrogen and oxygen atoms in total. The first-order valence-electron chi connectivity index (χ1n) is 14.8. The lowest BCUT2D eigenvalue weighted by atomic mass is 9.95. The third-order valence-corrected chi connectivity index (χ3v) is 9.24. The number of hydrogen-bond acceptors (Lipinski definition) is 10. The molecule has 2 N–H and O–H groups in total. The highest BCUT2D eigenvalue weighted by atomic mass is 32.2. The molecule has 0 radical (unpaired) electrons. The lowest BCUT2D eigenvalue weighted by Gasteiger charge is -2.13. The lowest BCUT2D eigenvalue weighted by Crippen LogP contribution is -2.25. The maximum absolute atomic E-state index is 13.2. The molecule has 0 aliphatic heterocycles. The van der Waals surface area contributed by atoms with E-state index < -0.39 is 5.97 Å². The van der Waals surface area contributed by atoms with Crippen LogP contribution in [0, 0.1) is 0 Å². The van der Waals surface area contributed by atoms with Gasteiger partial charge in [-0.05, 0) is 81.5 Å². The second-order valence-corrected chi connectivity index (χ2v) is 12.1. The topological polar surface area (TPSA) is 134 Å². The zero-order valence-corrected chi connectivity index (χ0v) is 27.0. The number of nitrogens with one attached hydrogen (secondary N) is 2. The minimum Gasteiger partial charge on any atom is -0.496 e. The zero-order valence-electron chi connectivity index (χ0n) is 25.4. The fourth-order valence-electron chi connectivity index (χ4n) is 5.08. The number of hydrogen-bond donors (Lipinski definition) is 2. The van der Waals surface area contributed by atoms with Gasteiger partial charge in [0.25, 0.3) is 5.91 Å². The van der Waals surface area contributed by atoms with Crippen LogP contribution >= 0.6 is 23.1 Å².